The Morgan fingerprint density at radius 3 is 1.97 bits per heavy atom. The van der Waals surface area contributed by atoms with Crippen molar-refractivity contribution in [2.75, 3.05) is 22.6 Å². The number of methoxy groups -OCH3 is 1. The molecule has 0 bridgehead atoms. The standard InChI is InChI=1S/C27H22ClN3O7/c1-14(24(33)30-17-10-8-16(9-11-17)29-15(2)32)38-27(36)20-12-21(28)22(13-23(20)37-3)31-25(34)18-6-4-5-7-19(18)26(31)35/h4-14H,1-3H3,(H,29,32)(H,30,33)/t14-/m1/s1. The van der Waals surface area contributed by atoms with E-state index in [9.17, 15) is 24.0 Å². The Bertz CT molecular complexity index is 1430. The van der Waals surface area contributed by atoms with Crippen molar-refractivity contribution in [2.45, 2.75) is 20.0 Å². The highest BCUT2D eigenvalue weighted by Gasteiger charge is 2.38. The highest BCUT2D eigenvalue weighted by Crippen LogP contribution is 2.38. The van der Waals surface area contributed by atoms with Crippen LogP contribution in [0.1, 0.15) is 44.9 Å². The molecule has 1 atom stereocenters. The van der Waals surface area contributed by atoms with Gasteiger partial charge in [-0.15, -0.1) is 0 Å². The van der Waals surface area contributed by atoms with Gasteiger partial charge in [-0.1, -0.05) is 23.7 Å². The molecule has 0 saturated heterocycles. The number of hydrogen-bond donors (Lipinski definition) is 2. The summed E-state index contributed by atoms with van der Waals surface area (Å²) >= 11 is 6.39. The van der Waals surface area contributed by atoms with E-state index in [-0.39, 0.29) is 39.1 Å². The van der Waals surface area contributed by atoms with Gasteiger partial charge in [0.25, 0.3) is 17.7 Å². The molecular weight excluding hydrogens is 514 g/mol. The average molecular weight is 536 g/mol. The van der Waals surface area contributed by atoms with Gasteiger partial charge in [-0.2, -0.15) is 0 Å². The zero-order valence-electron chi connectivity index (χ0n) is 20.5. The zero-order chi connectivity index (χ0) is 27.6. The van der Waals surface area contributed by atoms with Gasteiger partial charge in [0.1, 0.15) is 11.3 Å². The zero-order valence-corrected chi connectivity index (χ0v) is 21.3. The van der Waals surface area contributed by atoms with Crippen molar-refractivity contribution in [1.82, 2.24) is 0 Å². The Balaban J connectivity index is 1.49. The van der Waals surface area contributed by atoms with Gasteiger partial charge in [0, 0.05) is 24.4 Å². The lowest BCUT2D eigenvalue weighted by Crippen LogP contribution is -2.31. The van der Waals surface area contributed by atoms with Gasteiger partial charge < -0.3 is 20.1 Å². The Kier molecular flexibility index (Phi) is 7.45. The summed E-state index contributed by atoms with van der Waals surface area (Å²) in [5, 5.41) is 5.16. The van der Waals surface area contributed by atoms with Crippen LogP contribution >= 0.6 is 11.6 Å². The normalized spacial score (nSPS) is 13.0. The molecule has 38 heavy (non-hydrogen) atoms. The molecule has 1 heterocycles. The van der Waals surface area contributed by atoms with E-state index in [4.69, 9.17) is 21.1 Å². The number of nitrogens with zero attached hydrogens (tertiary/aromatic N) is 1. The van der Waals surface area contributed by atoms with E-state index in [2.05, 4.69) is 10.6 Å². The highest BCUT2D eigenvalue weighted by molar-refractivity contribution is 6.40. The van der Waals surface area contributed by atoms with Crippen LogP contribution in [-0.2, 0) is 14.3 Å². The average Bonchev–Trinajstić information content (AvgIpc) is 3.14. The minimum Gasteiger partial charge on any atom is -0.496 e. The van der Waals surface area contributed by atoms with Crippen LogP contribution in [0.4, 0.5) is 17.1 Å². The molecule has 3 aromatic rings. The monoisotopic (exact) mass is 535 g/mol. The lowest BCUT2D eigenvalue weighted by molar-refractivity contribution is -0.123. The number of carbonyl (C=O) groups excluding carboxylic acids is 5. The second kappa shape index (κ2) is 10.7. The lowest BCUT2D eigenvalue weighted by atomic mass is 10.1. The van der Waals surface area contributed by atoms with Gasteiger partial charge in [0.15, 0.2) is 6.10 Å². The predicted octanol–water partition coefficient (Wildman–Crippen LogP) is 4.29. The second-order valence-corrected chi connectivity index (χ2v) is 8.70. The van der Waals surface area contributed by atoms with E-state index in [1.807, 2.05) is 0 Å². The third kappa shape index (κ3) is 5.21. The first-order valence-electron chi connectivity index (χ1n) is 11.4. The molecule has 2 N–H and O–H groups in total. The molecule has 194 valence electrons. The molecule has 0 fully saturated rings. The fourth-order valence-corrected chi connectivity index (χ4v) is 4.06. The van der Waals surface area contributed by atoms with E-state index in [0.29, 0.717) is 11.4 Å². The molecule has 11 heteroatoms. The summed E-state index contributed by atoms with van der Waals surface area (Å²) in [6.45, 7) is 2.77. The van der Waals surface area contributed by atoms with Crippen LogP contribution in [0.3, 0.4) is 0 Å². The van der Waals surface area contributed by atoms with Gasteiger partial charge in [-0.05, 0) is 49.4 Å². The molecular formula is C27H22ClN3O7. The number of halogens is 1. The van der Waals surface area contributed by atoms with Crippen LogP contribution < -0.4 is 20.3 Å². The number of hydrogen-bond acceptors (Lipinski definition) is 7. The number of imide groups is 1. The first-order valence-corrected chi connectivity index (χ1v) is 11.7. The van der Waals surface area contributed by atoms with Crippen LogP contribution in [0.5, 0.6) is 5.75 Å². The number of fused-ring (bicyclic) bond motifs is 1. The summed E-state index contributed by atoms with van der Waals surface area (Å²) < 4.78 is 10.6. The van der Waals surface area contributed by atoms with Crippen molar-refractivity contribution < 1.29 is 33.4 Å². The Morgan fingerprint density at radius 1 is 0.895 bits per heavy atom. The topological polar surface area (TPSA) is 131 Å². The second-order valence-electron chi connectivity index (χ2n) is 8.29. The Hall–Kier alpha value is -4.70. The molecule has 0 spiro atoms. The minimum atomic E-state index is -1.20. The number of rotatable bonds is 7. The van der Waals surface area contributed by atoms with Crippen molar-refractivity contribution in [3.8, 4) is 5.75 Å². The Morgan fingerprint density at radius 2 is 1.45 bits per heavy atom. The van der Waals surface area contributed by atoms with E-state index < -0.39 is 29.8 Å². The van der Waals surface area contributed by atoms with E-state index in [1.54, 1.807) is 36.4 Å². The number of nitrogens with one attached hydrogen (secondary N) is 2. The molecule has 1 aliphatic heterocycles. The van der Waals surface area contributed by atoms with Gasteiger partial charge in [-0.25, -0.2) is 9.69 Å². The van der Waals surface area contributed by atoms with E-state index in [1.165, 1.54) is 45.2 Å². The van der Waals surface area contributed by atoms with Gasteiger partial charge in [-0.3, -0.25) is 19.2 Å². The summed E-state index contributed by atoms with van der Waals surface area (Å²) in [4.78, 5) is 63.3. The molecule has 4 rings (SSSR count). The molecule has 10 nitrogen and oxygen atoms in total. The van der Waals surface area contributed by atoms with Crippen molar-refractivity contribution in [1.29, 1.82) is 0 Å². The molecule has 0 saturated carbocycles. The first kappa shape index (κ1) is 26.4. The summed E-state index contributed by atoms with van der Waals surface area (Å²) in [6.07, 6.45) is -1.20. The molecule has 0 aromatic heterocycles. The van der Waals surface area contributed by atoms with Crippen molar-refractivity contribution in [2.24, 2.45) is 0 Å². The van der Waals surface area contributed by atoms with Crippen molar-refractivity contribution >= 4 is 58.3 Å². The van der Waals surface area contributed by atoms with E-state index >= 15 is 0 Å². The number of esters is 1. The maximum atomic E-state index is 12.9. The maximum Gasteiger partial charge on any atom is 0.342 e. The molecule has 0 aliphatic carbocycles. The molecule has 1 aliphatic rings. The summed E-state index contributed by atoms with van der Waals surface area (Å²) in [7, 11) is 1.30. The number of benzene rings is 3. The molecule has 0 unspecified atom stereocenters. The fourth-order valence-electron chi connectivity index (χ4n) is 3.81. The summed E-state index contributed by atoms with van der Waals surface area (Å²) in [6, 6.07) is 15.3. The number of carbonyl (C=O) groups is 5. The van der Waals surface area contributed by atoms with Crippen LogP contribution in [-0.4, -0.2) is 42.8 Å². The summed E-state index contributed by atoms with van der Waals surface area (Å²) in [5.74, 6) is -2.85. The third-order valence-corrected chi connectivity index (χ3v) is 5.95. The van der Waals surface area contributed by atoms with Crippen LogP contribution in [0.25, 0.3) is 0 Å². The lowest BCUT2D eigenvalue weighted by Gasteiger charge is -2.19. The number of ether oxygens (including phenoxy) is 2. The maximum absolute atomic E-state index is 12.9. The van der Waals surface area contributed by atoms with Crippen LogP contribution in [0, 0.1) is 0 Å². The third-order valence-electron chi connectivity index (χ3n) is 5.65. The van der Waals surface area contributed by atoms with E-state index in [0.717, 1.165) is 4.90 Å². The SMILES string of the molecule is COc1cc(N2C(=O)c3ccccc3C2=O)c(Cl)cc1C(=O)O[C@H](C)C(=O)Nc1ccc(NC(C)=O)cc1. The van der Waals surface area contributed by atoms with Crippen molar-refractivity contribution in [3.63, 3.8) is 0 Å². The predicted molar refractivity (Wildman–Crippen MR) is 140 cm³/mol. The molecule has 0 radical (unpaired) electrons. The van der Waals surface area contributed by atoms with Gasteiger partial charge >= 0.3 is 5.97 Å². The minimum absolute atomic E-state index is 0.00729. The first-order chi connectivity index (χ1) is 18.1. The highest BCUT2D eigenvalue weighted by atomic mass is 35.5. The fraction of sp³-hybridized carbons (Fsp3) is 0.148. The van der Waals surface area contributed by atoms with Crippen molar-refractivity contribution in [3.05, 3.63) is 82.4 Å². The smallest absolute Gasteiger partial charge is 0.342 e. The van der Waals surface area contributed by atoms with Gasteiger partial charge in [0.05, 0.1) is 28.9 Å². The van der Waals surface area contributed by atoms with Gasteiger partial charge in [0.2, 0.25) is 5.91 Å². The number of amides is 4. The summed E-state index contributed by atoms with van der Waals surface area (Å²) in [5.41, 5.74) is 1.40. The quantitative estimate of drug-likeness (QED) is 0.341. The molecule has 4 amide bonds. The van der Waals surface area contributed by atoms with Crippen LogP contribution in [0.15, 0.2) is 60.7 Å². The Labute approximate surface area is 222 Å². The largest absolute Gasteiger partial charge is 0.496 e. The van der Waals surface area contributed by atoms with Crippen LogP contribution in [0.2, 0.25) is 5.02 Å². The molecule has 3 aromatic carbocycles. The number of anilines is 3.